The smallest absolute Gasteiger partial charge is 0.0971 e. The molecule has 76 valence electrons. The van der Waals surface area contributed by atoms with Gasteiger partial charge in [-0.05, 0) is 47.3 Å². The van der Waals surface area contributed by atoms with Crippen LogP contribution in [-0.2, 0) is 0 Å². The standard InChI is InChI=1S/C11H14BrNO/c1-2-3-4-7-10(14)11-9(12)6-5-8-13-11/h2,5-6,8,10,14H,1,3-4,7H2. The van der Waals surface area contributed by atoms with Crippen molar-refractivity contribution in [2.24, 2.45) is 0 Å². The quantitative estimate of drug-likeness (QED) is 0.648. The molecule has 1 rings (SSSR count). The van der Waals surface area contributed by atoms with E-state index in [1.807, 2.05) is 18.2 Å². The number of nitrogens with zero attached hydrogens (tertiary/aromatic N) is 1. The summed E-state index contributed by atoms with van der Waals surface area (Å²) in [7, 11) is 0. The Balaban J connectivity index is 2.55. The third kappa shape index (κ3) is 3.24. The SMILES string of the molecule is C=CCCCC(O)c1ncccc1Br. The van der Waals surface area contributed by atoms with Crippen molar-refractivity contribution in [1.82, 2.24) is 4.98 Å². The highest BCUT2D eigenvalue weighted by Gasteiger charge is 2.11. The number of aromatic nitrogens is 1. The minimum Gasteiger partial charge on any atom is -0.387 e. The second-order valence-corrected chi connectivity index (χ2v) is 3.96. The van der Waals surface area contributed by atoms with E-state index in [4.69, 9.17) is 0 Å². The summed E-state index contributed by atoms with van der Waals surface area (Å²) in [6, 6.07) is 3.73. The predicted octanol–water partition coefficient (Wildman–Crippen LogP) is 3.23. The highest BCUT2D eigenvalue weighted by atomic mass is 79.9. The van der Waals surface area contributed by atoms with Crippen LogP contribution in [0.2, 0.25) is 0 Å². The number of allylic oxidation sites excluding steroid dienone is 1. The number of hydrogen-bond acceptors (Lipinski definition) is 2. The summed E-state index contributed by atoms with van der Waals surface area (Å²) in [6.45, 7) is 3.64. The summed E-state index contributed by atoms with van der Waals surface area (Å²) in [4.78, 5) is 4.13. The third-order valence-corrected chi connectivity index (χ3v) is 2.66. The molecule has 0 aromatic carbocycles. The monoisotopic (exact) mass is 255 g/mol. The molecule has 1 N–H and O–H groups in total. The summed E-state index contributed by atoms with van der Waals surface area (Å²) in [6.07, 6.45) is 5.67. The summed E-state index contributed by atoms with van der Waals surface area (Å²) in [5.74, 6) is 0. The van der Waals surface area contributed by atoms with Crippen molar-refractivity contribution in [2.45, 2.75) is 25.4 Å². The molecule has 1 aromatic heterocycles. The van der Waals surface area contributed by atoms with Crippen LogP contribution in [-0.4, -0.2) is 10.1 Å². The molecule has 0 radical (unpaired) electrons. The summed E-state index contributed by atoms with van der Waals surface area (Å²) in [5.41, 5.74) is 0.719. The number of hydrogen-bond donors (Lipinski definition) is 1. The van der Waals surface area contributed by atoms with E-state index in [9.17, 15) is 5.11 Å². The van der Waals surface area contributed by atoms with Gasteiger partial charge in [0.2, 0.25) is 0 Å². The molecule has 0 bridgehead atoms. The van der Waals surface area contributed by atoms with E-state index in [0.717, 1.165) is 29.4 Å². The van der Waals surface area contributed by atoms with Crippen LogP contribution in [0.5, 0.6) is 0 Å². The molecule has 1 aromatic rings. The number of pyridine rings is 1. The van der Waals surface area contributed by atoms with Crippen LogP contribution in [0.25, 0.3) is 0 Å². The van der Waals surface area contributed by atoms with Gasteiger partial charge >= 0.3 is 0 Å². The molecule has 0 saturated carbocycles. The molecule has 1 unspecified atom stereocenters. The highest BCUT2D eigenvalue weighted by molar-refractivity contribution is 9.10. The van der Waals surface area contributed by atoms with Gasteiger partial charge in [-0.2, -0.15) is 0 Å². The minimum absolute atomic E-state index is 0.481. The summed E-state index contributed by atoms with van der Waals surface area (Å²) >= 11 is 3.36. The summed E-state index contributed by atoms with van der Waals surface area (Å²) in [5, 5.41) is 9.80. The fraction of sp³-hybridized carbons (Fsp3) is 0.364. The zero-order valence-corrected chi connectivity index (χ0v) is 9.57. The average Bonchev–Trinajstić information content (AvgIpc) is 2.18. The fourth-order valence-electron chi connectivity index (χ4n) is 1.24. The van der Waals surface area contributed by atoms with Crippen LogP contribution in [0.4, 0.5) is 0 Å². The lowest BCUT2D eigenvalue weighted by atomic mass is 10.1. The van der Waals surface area contributed by atoms with E-state index in [-0.39, 0.29) is 0 Å². The first-order valence-electron chi connectivity index (χ1n) is 4.65. The summed E-state index contributed by atoms with van der Waals surface area (Å²) < 4.78 is 0.867. The van der Waals surface area contributed by atoms with Gasteiger partial charge in [-0.25, -0.2) is 0 Å². The van der Waals surface area contributed by atoms with Crippen LogP contribution >= 0.6 is 15.9 Å². The van der Waals surface area contributed by atoms with Gasteiger partial charge < -0.3 is 5.11 Å². The van der Waals surface area contributed by atoms with Crippen molar-refractivity contribution in [1.29, 1.82) is 0 Å². The van der Waals surface area contributed by atoms with Gasteiger partial charge in [0, 0.05) is 10.7 Å². The van der Waals surface area contributed by atoms with Gasteiger partial charge in [-0.15, -0.1) is 6.58 Å². The molecule has 0 aliphatic rings. The number of aliphatic hydroxyl groups is 1. The molecule has 0 saturated heterocycles. The predicted molar refractivity (Wildman–Crippen MR) is 60.9 cm³/mol. The normalized spacial score (nSPS) is 12.4. The maximum atomic E-state index is 9.80. The first-order chi connectivity index (χ1) is 6.75. The van der Waals surface area contributed by atoms with E-state index < -0.39 is 6.10 Å². The van der Waals surface area contributed by atoms with Crippen molar-refractivity contribution in [3.8, 4) is 0 Å². The molecule has 1 heterocycles. The molecule has 3 heteroatoms. The maximum absolute atomic E-state index is 9.80. The first-order valence-corrected chi connectivity index (χ1v) is 5.44. The molecular formula is C11H14BrNO. The van der Waals surface area contributed by atoms with E-state index in [0.29, 0.717) is 0 Å². The van der Waals surface area contributed by atoms with Crippen molar-refractivity contribution < 1.29 is 5.11 Å². The zero-order valence-electron chi connectivity index (χ0n) is 7.99. The molecule has 0 amide bonds. The molecule has 2 nitrogen and oxygen atoms in total. The lowest BCUT2D eigenvalue weighted by Crippen LogP contribution is -2.00. The maximum Gasteiger partial charge on any atom is 0.0971 e. The molecule has 14 heavy (non-hydrogen) atoms. The Morgan fingerprint density at radius 3 is 3.07 bits per heavy atom. The minimum atomic E-state index is -0.481. The first kappa shape index (κ1) is 11.4. The lowest BCUT2D eigenvalue weighted by Gasteiger charge is -2.10. The van der Waals surface area contributed by atoms with Gasteiger partial charge in [0.25, 0.3) is 0 Å². The zero-order chi connectivity index (χ0) is 10.4. The van der Waals surface area contributed by atoms with Crippen molar-refractivity contribution >= 4 is 15.9 Å². The van der Waals surface area contributed by atoms with Crippen LogP contribution < -0.4 is 0 Å². The highest BCUT2D eigenvalue weighted by Crippen LogP contribution is 2.24. The van der Waals surface area contributed by atoms with Gasteiger partial charge in [0.15, 0.2) is 0 Å². The molecular weight excluding hydrogens is 242 g/mol. The second kappa shape index (κ2) is 5.94. The topological polar surface area (TPSA) is 33.1 Å². The van der Waals surface area contributed by atoms with Crippen LogP contribution in [0.3, 0.4) is 0 Å². The van der Waals surface area contributed by atoms with Crippen LogP contribution in [0.1, 0.15) is 31.1 Å². The molecule has 0 aliphatic carbocycles. The molecule has 0 spiro atoms. The Bertz CT molecular complexity index is 301. The lowest BCUT2D eigenvalue weighted by molar-refractivity contribution is 0.159. The van der Waals surface area contributed by atoms with Crippen LogP contribution in [0.15, 0.2) is 35.5 Å². The molecule has 0 aliphatic heterocycles. The molecule has 1 atom stereocenters. The van der Waals surface area contributed by atoms with Gasteiger partial charge in [0.05, 0.1) is 11.8 Å². The third-order valence-electron chi connectivity index (χ3n) is 1.99. The Labute approximate surface area is 92.8 Å². The fourth-order valence-corrected chi connectivity index (χ4v) is 1.75. The average molecular weight is 256 g/mol. The van der Waals surface area contributed by atoms with E-state index in [2.05, 4.69) is 27.5 Å². The van der Waals surface area contributed by atoms with E-state index >= 15 is 0 Å². The second-order valence-electron chi connectivity index (χ2n) is 3.11. The van der Waals surface area contributed by atoms with Gasteiger partial charge in [-0.3, -0.25) is 4.98 Å². The van der Waals surface area contributed by atoms with Crippen molar-refractivity contribution in [3.63, 3.8) is 0 Å². The molecule has 0 fully saturated rings. The van der Waals surface area contributed by atoms with Gasteiger partial charge in [0.1, 0.15) is 0 Å². The van der Waals surface area contributed by atoms with E-state index in [1.165, 1.54) is 0 Å². The number of unbranched alkanes of at least 4 members (excludes halogenated alkanes) is 1. The van der Waals surface area contributed by atoms with Crippen molar-refractivity contribution in [2.75, 3.05) is 0 Å². The van der Waals surface area contributed by atoms with E-state index in [1.54, 1.807) is 6.20 Å². The van der Waals surface area contributed by atoms with Crippen molar-refractivity contribution in [3.05, 3.63) is 41.2 Å². The Morgan fingerprint density at radius 2 is 2.43 bits per heavy atom. The number of rotatable bonds is 5. The van der Waals surface area contributed by atoms with Gasteiger partial charge in [-0.1, -0.05) is 6.08 Å². The Kier molecular flexibility index (Phi) is 4.84. The Morgan fingerprint density at radius 1 is 1.64 bits per heavy atom. The van der Waals surface area contributed by atoms with Crippen LogP contribution in [0, 0.1) is 0 Å². The largest absolute Gasteiger partial charge is 0.387 e. The number of halogens is 1. The Hall–Kier alpha value is -0.670. The number of aliphatic hydroxyl groups excluding tert-OH is 1.